The Morgan fingerprint density at radius 2 is 2.15 bits per heavy atom. The lowest BCUT2D eigenvalue weighted by molar-refractivity contribution is 0.131. The number of aliphatic hydroxyl groups is 1. The topological polar surface area (TPSA) is 67.3 Å². The van der Waals surface area contributed by atoms with E-state index in [0.29, 0.717) is 13.0 Å². The van der Waals surface area contributed by atoms with E-state index in [0.717, 1.165) is 22.3 Å². The minimum Gasteiger partial charge on any atom is -0.396 e. The molecule has 2 rings (SSSR count). The molecule has 1 atom stereocenters. The first kappa shape index (κ1) is 14.7. The van der Waals surface area contributed by atoms with Crippen LogP contribution in [-0.2, 0) is 4.74 Å². The van der Waals surface area contributed by atoms with E-state index < -0.39 is 0 Å². The van der Waals surface area contributed by atoms with Crippen molar-refractivity contribution in [2.24, 2.45) is 0 Å². The Kier molecular flexibility index (Phi) is 4.52. The molecule has 1 aromatic heterocycles. The third-order valence-electron chi connectivity index (χ3n) is 3.41. The van der Waals surface area contributed by atoms with E-state index in [2.05, 4.69) is 15.3 Å². The van der Waals surface area contributed by atoms with Crippen LogP contribution in [0.15, 0.2) is 24.5 Å². The lowest BCUT2D eigenvalue weighted by atomic mass is 9.99. The maximum absolute atomic E-state index is 9.24. The molecule has 0 saturated heterocycles. The third kappa shape index (κ3) is 3.05. The molecule has 0 radical (unpaired) electrons. The molecule has 0 saturated carbocycles. The molecule has 0 spiro atoms. The molecule has 2 aromatic rings. The maximum Gasteiger partial charge on any atom is 0.137 e. The van der Waals surface area contributed by atoms with Crippen LogP contribution >= 0.6 is 0 Å². The van der Waals surface area contributed by atoms with Gasteiger partial charge >= 0.3 is 0 Å². The minimum absolute atomic E-state index is 0.0922. The zero-order valence-corrected chi connectivity index (χ0v) is 12.2. The van der Waals surface area contributed by atoms with Gasteiger partial charge in [-0.15, -0.1) is 0 Å². The van der Waals surface area contributed by atoms with Crippen molar-refractivity contribution >= 4 is 16.7 Å². The molecule has 5 heteroatoms. The lowest BCUT2D eigenvalue weighted by Crippen LogP contribution is -2.40. The van der Waals surface area contributed by atoms with Crippen LogP contribution in [-0.4, -0.2) is 40.9 Å². The molecule has 0 aliphatic rings. The van der Waals surface area contributed by atoms with Gasteiger partial charge in [0.15, 0.2) is 0 Å². The van der Waals surface area contributed by atoms with Crippen molar-refractivity contribution in [1.82, 2.24) is 9.97 Å². The summed E-state index contributed by atoms with van der Waals surface area (Å²) in [6.45, 7) is 4.62. The van der Waals surface area contributed by atoms with Gasteiger partial charge in [-0.05, 0) is 31.9 Å². The second-order valence-corrected chi connectivity index (χ2v) is 5.29. The van der Waals surface area contributed by atoms with Gasteiger partial charge in [0, 0.05) is 19.1 Å². The third-order valence-corrected chi connectivity index (χ3v) is 3.41. The van der Waals surface area contributed by atoms with Gasteiger partial charge in [-0.25, -0.2) is 9.97 Å². The standard InChI is InChI=1S/C15H21N3O2/c1-11-5-4-6-12-13(11)16-10-17-14(12)18-15(2,7-8-19)9-20-3/h4-6,10,19H,7-9H2,1-3H3,(H,16,17,18)/t15-/m0/s1. The summed E-state index contributed by atoms with van der Waals surface area (Å²) >= 11 is 0. The SMILES string of the molecule is COC[C@](C)(CCO)Nc1ncnc2c(C)cccc12. The van der Waals surface area contributed by atoms with E-state index in [-0.39, 0.29) is 12.1 Å². The van der Waals surface area contributed by atoms with Gasteiger partial charge in [0.1, 0.15) is 12.1 Å². The Labute approximate surface area is 119 Å². The van der Waals surface area contributed by atoms with Gasteiger partial charge in [0.05, 0.1) is 17.7 Å². The fourth-order valence-corrected chi connectivity index (χ4v) is 2.36. The van der Waals surface area contributed by atoms with Crippen molar-refractivity contribution in [3.05, 3.63) is 30.1 Å². The molecule has 1 aromatic carbocycles. The number of benzene rings is 1. The molecule has 0 aliphatic heterocycles. The summed E-state index contributed by atoms with van der Waals surface area (Å²) < 4.78 is 5.25. The zero-order chi connectivity index (χ0) is 14.6. The average Bonchev–Trinajstić information content (AvgIpc) is 2.40. The van der Waals surface area contributed by atoms with E-state index in [1.807, 2.05) is 32.0 Å². The van der Waals surface area contributed by atoms with Crippen LogP contribution in [0, 0.1) is 6.92 Å². The first-order chi connectivity index (χ1) is 9.59. The summed E-state index contributed by atoms with van der Waals surface area (Å²) in [6.07, 6.45) is 2.14. The van der Waals surface area contributed by atoms with Gasteiger partial charge in [-0.3, -0.25) is 0 Å². The van der Waals surface area contributed by atoms with Crippen molar-refractivity contribution in [2.75, 3.05) is 25.6 Å². The molecule has 20 heavy (non-hydrogen) atoms. The summed E-state index contributed by atoms with van der Waals surface area (Å²) in [7, 11) is 1.65. The molecular formula is C15H21N3O2. The molecule has 1 heterocycles. The van der Waals surface area contributed by atoms with E-state index >= 15 is 0 Å². The van der Waals surface area contributed by atoms with Crippen molar-refractivity contribution in [3.63, 3.8) is 0 Å². The van der Waals surface area contributed by atoms with Crippen LogP contribution in [0.3, 0.4) is 0 Å². The number of methoxy groups -OCH3 is 1. The summed E-state index contributed by atoms with van der Waals surface area (Å²) in [5, 5.41) is 13.6. The lowest BCUT2D eigenvalue weighted by Gasteiger charge is -2.30. The molecule has 0 fully saturated rings. The fraction of sp³-hybridized carbons (Fsp3) is 0.467. The van der Waals surface area contributed by atoms with Crippen LogP contribution < -0.4 is 5.32 Å². The first-order valence-corrected chi connectivity index (χ1v) is 6.68. The number of aliphatic hydroxyl groups excluding tert-OH is 1. The Balaban J connectivity index is 2.40. The normalized spacial score (nSPS) is 14.2. The monoisotopic (exact) mass is 275 g/mol. The van der Waals surface area contributed by atoms with E-state index in [1.54, 1.807) is 13.4 Å². The highest BCUT2D eigenvalue weighted by molar-refractivity contribution is 5.91. The van der Waals surface area contributed by atoms with Crippen LogP contribution in [0.4, 0.5) is 5.82 Å². The number of para-hydroxylation sites is 1. The van der Waals surface area contributed by atoms with E-state index in [1.165, 1.54) is 0 Å². The second-order valence-electron chi connectivity index (χ2n) is 5.29. The number of fused-ring (bicyclic) bond motifs is 1. The zero-order valence-electron chi connectivity index (χ0n) is 12.2. The number of hydrogen-bond donors (Lipinski definition) is 2. The molecule has 108 valence electrons. The number of rotatable bonds is 6. The number of nitrogens with zero attached hydrogens (tertiary/aromatic N) is 2. The molecule has 0 aliphatic carbocycles. The summed E-state index contributed by atoms with van der Waals surface area (Å²) in [5.41, 5.74) is 1.69. The second kappa shape index (κ2) is 6.15. The Morgan fingerprint density at radius 1 is 1.35 bits per heavy atom. The highest BCUT2D eigenvalue weighted by Gasteiger charge is 2.24. The minimum atomic E-state index is -0.367. The Bertz CT molecular complexity index is 580. The van der Waals surface area contributed by atoms with Gasteiger partial charge in [0.2, 0.25) is 0 Å². The van der Waals surface area contributed by atoms with Crippen molar-refractivity contribution in [2.45, 2.75) is 25.8 Å². The molecule has 2 N–H and O–H groups in total. The van der Waals surface area contributed by atoms with Gasteiger partial charge in [-0.1, -0.05) is 12.1 Å². The number of nitrogens with one attached hydrogen (secondary N) is 1. The first-order valence-electron chi connectivity index (χ1n) is 6.68. The van der Waals surface area contributed by atoms with Crippen LogP contribution in [0.1, 0.15) is 18.9 Å². The predicted molar refractivity (Wildman–Crippen MR) is 79.9 cm³/mol. The highest BCUT2D eigenvalue weighted by Crippen LogP contribution is 2.25. The number of anilines is 1. The highest BCUT2D eigenvalue weighted by atomic mass is 16.5. The molecule has 0 amide bonds. The van der Waals surface area contributed by atoms with E-state index in [9.17, 15) is 5.11 Å². The fourth-order valence-electron chi connectivity index (χ4n) is 2.36. The maximum atomic E-state index is 9.24. The van der Waals surface area contributed by atoms with Gasteiger partial charge in [-0.2, -0.15) is 0 Å². The predicted octanol–water partition coefficient (Wildman–Crippen LogP) is 2.14. The number of aryl methyl sites for hydroxylation is 1. The summed E-state index contributed by atoms with van der Waals surface area (Å²) in [4.78, 5) is 8.67. The molecule has 0 unspecified atom stereocenters. The number of hydrogen-bond acceptors (Lipinski definition) is 5. The molecular weight excluding hydrogens is 254 g/mol. The summed E-state index contributed by atoms with van der Waals surface area (Å²) in [5.74, 6) is 0.770. The molecule has 5 nitrogen and oxygen atoms in total. The van der Waals surface area contributed by atoms with Crippen LogP contribution in [0.25, 0.3) is 10.9 Å². The number of aromatic nitrogens is 2. The number of ether oxygens (including phenoxy) is 1. The smallest absolute Gasteiger partial charge is 0.137 e. The quantitative estimate of drug-likeness (QED) is 0.845. The van der Waals surface area contributed by atoms with E-state index in [4.69, 9.17) is 4.74 Å². The Hall–Kier alpha value is -1.72. The van der Waals surface area contributed by atoms with Crippen LogP contribution in [0.5, 0.6) is 0 Å². The Morgan fingerprint density at radius 3 is 2.85 bits per heavy atom. The van der Waals surface area contributed by atoms with Crippen LogP contribution in [0.2, 0.25) is 0 Å². The van der Waals surface area contributed by atoms with Crippen molar-refractivity contribution in [1.29, 1.82) is 0 Å². The average molecular weight is 275 g/mol. The van der Waals surface area contributed by atoms with Crippen molar-refractivity contribution < 1.29 is 9.84 Å². The van der Waals surface area contributed by atoms with Gasteiger partial charge < -0.3 is 15.2 Å². The largest absolute Gasteiger partial charge is 0.396 e. The summed E-state index contributed by atoms with van der Waals surface area (Å²) in [6, 6.07) is 6.02. The van der Waals surface area contributed by atoms with Crippen molar-refractivity contribution in [3.8, 4) is 0 Å². The van der Waals surface area contributed by atoms with Gasteiger partial charge in [0.25, 0.3) is 0 Å². The molecule has 0 bridgehead atoms.